The molecule has 0 aliphatic heterocycles. The second-order valence-corrected chi connectivity index (χ2v) is 9.06. The number of nitrogens with zero attached hydrogens (tertiary/aromatic N) is 1. The normalized spacial score (nSPS) is 15.9. The Morgan fingerprint density at radius 2 is 2.11 bits per heavy atom. The Bertz CT molecular complexity index is 766. The van der Waals surface area contributed by atoms with Crippen LogP contribution in [0.1, 0.15) is 44.7 Å². The zero-order chi connectivity index (χ0) is 20.6. The van der Waals surface area contributed by atoms with Crippen LogP contribution >= 0.6 is 0 Å². The van der Waals surface area contributed by atoms with Gasteiger partial charge in [-0.15, -0.1) is 0 Å². The van der Waals surface area contributed by atoms with Crippen molar-refractivity contribution >= 4 is 16.0 Å². The van der Waals surface area contributed by atoms with Crippen LogP contribution in [0.3, 0.4) is 0 Å². The third kappa shape index (κ3) is 7.63. The van der Waals surface area contributed by atoms with Crippen molar-refractivity contribution in [3.63, 3.8) is 0 Å². The Kier molecular flexibility index (Phi) is 8.50. The Morgan fingerprint density at radius 1 is 1.36 bits per heavy atom. The predicted molar refractivity (Wildman–Crippen MR) is 110 cm³/mol. The molecule has 0 aromatic heterocycles. The second-order valence-electron chi connectivity index (χ2n) is 6.96. The molecular weight excluding hydrogens is 383 g/mol. The molecular formula is C19H31FN4O3S. The van der Waals surface area contributed by atoms with E-state index in [-0.39, 0.29) is 17.6 Å². The number of sulfonamides is 1. The van der Waals surface area contributed by atoms with E-state index in [4.69, 9.17) is 4.74 Å². The lowest BCUT2D eigenvalue weighted by molar-refractivity contribution is 0.285. The highest BCUT2D eigenvalue weighted by Crippen LogP contribution is 2.30. The summed E-state index contributed by atoms with van der Waals surface area (Å²) < 4.78 is 45.1. The number of hydrogen-bond donors (Lipinski definition) is 3. The molecule has 0 bridgehead atoms. The molecule has 158 valence electrons. The van der Waals surface area contributed by atoms with Gasteiger partial charge in [0.05, 0.1) is 18.4 Å². The zero-order valence-corrected chi connectivity index (χ0v) is 17.6. The van der Waals surface area contributed by atoms with E-state index in [2.05, 4.69) is 20.3 Å². The van der Waals surface area contributed by atoms with E-state index in [1.54, 1.807) is 20.0 Å². The number of ether oxygens (including phenoxy) is 1. The van der Waals surface area contributed by atoms with Crippen LogP contribution in [0.5, 0.6) is 5.75 Å². The van der Waals surface area contributed by atoms with E-state index in [9.17, 15) is 12.8 Å². The maximum absolute atomic E-state index is 14.3. The number of rotatable bonds is 11. The van der Waals surface area contributed by atoms with Crippen molar-refractivity contribution < 1.29 is 17.5 Å². The highest BCUT2D eigenvalue weighted by Gasteiger charge is 2.22. The molecule has 1 aromatic rings. The van der Waals surface area contributed by atoms with Crippen molar-refractivity contribution in [3.05, 3.63) is 29.6 Å². The SMILES string of the molecule is CCS(=O)(=O)NCCCNC(=NC)NC(C)c1ccc(OCC2CC2)c(F)c1. The first-order valence-electron chi connectivity index (χ1n) is 9.71. The molecule has 1 aliphatic carbocycles. The summed E-state index contributed by atoms with van der Waals surface area (Å²) in [6.45, 7) is 5.02. The molecule has 2 rings (SSSR count). The summed E-state index contributed by atoms with van der Waals surface area (Å²) in [5, 5.41) is 6.33. The summed E-state index contributed by atoms with van der Waals surface area (Å²) in [5.41, 5.74) is 0.787. The molecule has 1 aromatic carbocycles. The highest BCUT2D eigenvalue weighted by atomic mass is 32.2. The van der Waals surface area contributed by atoms with Gasteiger partial charge < -0.3 is 15.4 Å². The molecule has 0 heterocycles. The van der Waals surface area contributed by atoms with Crippen LogP contribution in [0.15, 0.2) is 23.2 Å². The van der Waals surface area contributed by atoms with E-state index in [1.807, 2.05) is 13.0 Å². The quantitative estimate of drug-likeness (QED) is 0.293. The molecule has 1 fully saturated rings. The summed E-state index contributed by atoms with van der Waals surface area (Å²) in [5.74, 6) is 1.15. The van der Waals surface area contributed by atoms with Crippen molar-refractivity contribution in [2.75, 3.05) is 32.5 Å². The van der Waals surface area contributed by atoms with Gasteiger partial charge in [0.1, 0.15) is 0 Å². The van der Waals surface area contributed by atoms with Crippen molar-refractivity contribution in [1.29, 1.82) is 0 Å². The van der Waals surface area contributed by atoms with Gasteiger partial charge in [-0.25, -0.2) is 17.5 Å². The van der Waals surface area contributed by atoms with Gasteiger partial charge in [0.25, 0.3) is 0 Å². The first-order valence-corrected chi connectivity index (χ1v) is 11.4. The molecule has 1 aliphatic rings. The van der Waals surface area contributed by atoms with Crippen LogP contribution in [-0.2, 0) is 10.0 Å². The van der Waals surface area contributed by atoms with E-state index in [1.165, 1.54) is 6.07 Å². The fraction of sp³-hybridized carbons (Fsp3) is 0.632. The third-order valence-electron chi connectivity index (χ3n) is 4.55. The molecule has 3 N–H and O–H groups in total. The third-order valence-corrected chi connectivity index (χ3v) is 5.96. The van der Waals surface area contributed by atoms with Crippen LogP contribution in [0.25, 0.3) is 0 Å². The Morgan fingerprint density at radius 3 is 2.71 bits per heavy atom. The summed E-state index contributed by atoms with van der Waals surface area (Å²) in [6, 6.07) is 4.83. The predicted octanol–water partition coefficient (Wildman–Crippen LogP) is 2.17. The zero-order valence-electron chi connectivity index (χ0n) is 16.8. The average Bonchev–Trinajstić information content (AvgIpc) is 3.50. The summed E-state index contributed by atoms with van der Waals surface area (Å²) in [7, 11) is -1.51. The first-order chi connectivity index (χ1) is 13.3. The highest BCUT2D eigenvalue weighted by molar-refractivity contribution is 7.89. The molecule has 28 heavy (non-hydrogen) atoms. The summed E-state index contributed by atoms with van der Waals surface area (Å²) >= 11 is 0. The molecule has 0 spiro atoms. The minimum Gasteiger partial charge on any atom is -0.490 e. The number of benzene rings is 1. The van der Waals surface area contributed by atoms with E-state index in [0.717, 1.165) is 18.4 Å². The lowest BCUT2D eigenvalue weighted by atomic mass is 10.1. The van der Waals surface area contributed by atoms with Gasteiger partial charge in [-0.2, -0.15) is 0 Å². The largest absolute Gasteiger partial charge is 0.490 e. The van der Waals surface area contributed by atoms with E-state index < -0.39 is 10.0 Å². The minimum absolute atomic E-state index is 0.0716. The Hall–Kier alpha value is -1.87. The lowest BCUT2D eigenvalue weighted by Crippen LogP contribution is -2.40. The maximum atomic E-state index is 14.3. The van der Waals surface area contributed by atoms with Crippen molar-refractivity contribution in [2.24, 2.45) is 10.9 Å². The first kappa shape index (κ1) is 22.4. The number of halogens is 1. The van der Waals surface area contributed by atoms with E-state index in [0.29, 0.717) is 43.7 Å². The van der Waals surface area contributed by atoms with Crippen LogP contribution in [-0.4, -0.2) is 46.9 Å². The van der Waals surface area contributed by atoms with Gasteiger partial charge in [0.2, 0.25) is 10.0 Å². The van der Waals surface area contributed by atoms with Crippen LogP contribution in [0.4, 0.5) is 4.39 Å². The fourth-order valence-electron chi connectivity index (χ4n) is 2.50. The van der Waals surface area contributed by atoms with Gasteiger partial charge >= 0.3 is 0 Å². The average molecular weight is 415 g/mol. The van der Waals surface area contributed by atoms with Gasteiger partial charge in [0, 0.05) is 20.1 Å². The molecule has 0 amide bonds. The topological polar surface area (TPSA) is 91.8 Å². The number of hydrogen-bond acceptors (Lipinski definition) is 4. The second kappa shape index (κ2) is 10.6. The maximum Gasteiger partial charge on any atom is 0.211 e. The molecule has 7 nitrogen and oxygen atoms in total. The number of nitrogens with one attached hydrogen (secondary N) is 3. The van der Waals surface area contributed by atoms with Crippen molar-refractivity contribution in [3.8, 4) is 5.75 Å². The summed E-state index contributed by atoms with van der Waals surface area (Å²) in [4.78, 5) is 4.15. The van der Waals surface area contributed by atoms with Gasteiger partial charge in [-0.3, -0.25) is 4.99 Å². The molecule has 0 saturated heterocycles. The Labute approximate surface area is 167 Å². The van der Waals surface area contributed by atoms with Gasteiger partial charge in [-0.05, 0) is 56.7 Å². The molecule has 1 saturated carbocycles. The van der Waals surface area contributed by atoms with Gasteiger partial charge in [-0.1, -0.05) is 6.07 Å². The Balaban J connectivity index is 1.77. The number of aliphatic imine (C=N–C) groups is 1. The van der Waals surface area contributed by atoms with Crippen molar-refractivity contribution in [1.82, 2.24) is 15.4 Å². The lowest BCUT2D eigenvalue weighted by Gasteiger charge is -2.19. The smallest absolute Gasteiger partial charge is 0.211 e. The molecule has 9 heteroatoms. The monoisotopic (exact) mass is 414 g/mol. The number of guanidine groups is 1. The standard InChI is InChI=1S/C19H31FN4O3S/c1-4-28(25,26)23-11-5-10-22-19(21-3)24-14(2)16-8-9-18(17(20)12-16)27-13-15-6-7-15/h8-9,12,14-15,23H,4-7,10-11,13H2,1-3H3,(H2,21,22,24). The summed E-state index contributed by atoms with van der Waals surface area (Å²) in [6.07, 6.45) is 2.95. The van der Waals surface area contributed by atoms with Crippen LogP contribution in [0, 0.1) is 11.7 Å². The van der Waals surface area contributed by atoms with Crippen molar-refractivity contribution in [2.45, 2.75) is 39.2 Å². The van der Waals surface area contributed by atoms with E-state index >= 15 is 0 Å². The fourth-order valence-corrected chi connectivity index (χ4v) is 3.16. The molecule has 1 unspecified atom stereocenters. The molecule has 0 radical (unpaired) electrons. The van der Waals surface area contributed by atoms with Crippen LogP contribution in [0.2, 0.25) is 0 Å². The van der Waals surface area contributed by atoms with Gasteiger partial charge in [0.15, 0.2) is 17.5 Å². The minimum atomic E-state index is -3.16. The molecule has 1 atom stereocenters. The van der Waals surface area contributed by atoms with Crippen LogP contribution < -0.4 is 20.1 Å².